The molecule has 92 valence electrons. The van der Waals surface area contributed by atoms with E-state index in [4.69, 9.17) is 0 Å². The van der Waals surface area contributed by atoms with Crippen molar-refractivity contribution in [3.63, 3.8) is 0 Å². The molecular weight excluding hydrogens is 282 g/mol. The molecule has 1 heterocycles. The van der Waals surface area contributed by atoms with Crippen LogP contribution in [0.15, 0.2) is 10.5 Å². The Bertz CT molecular complexity index is 320. The molecule has 0 saturated carbocycles. The van der Waals surface area contributed by atoms with Crippen molar-refractivity contribution < 1.29 is 0 Å². The summed E-state index contributed by atoms with van der Waals surface area (Å²) in [5.74, 6) is 0.726. The van der Waals surface area contributed by atoms with E-state index in [1.54, 1.807) is 0 Å². The molecule has 0 aromatic carbocycles. The summed E-state index contributed by atoms with van der Waals surface area (Å²) in [6, 6.07) is 2.73. The Hall–Kier alpha value is 0.140. The maximum absolute atomic E-state index is 3.67. The number of hydrogen-bond donors (Lipinski definition) is 1. The van der Waals surface area contributed by atoms with Crippen molar-refractivity contribution in [3.05, 3.63) is 20.3 Å². The van der Waals surface area contributed by atoms with Crippen LogP contribution in [-0.4, -0.2) is 6.54 Å². The third-order valence-corrected chi connectivity index (χ3v) is 4.58. The van der Waals surface area contributed by atoms with E-state index in [0.29, 0.717) is 6.04 Å². The van der Waals surface area contributed by atoms with Gasteiger partial charge in [0.25, 0.3) is 0 Å². The second-order valence-corrected chi connectivity index (χ2v) is 6.85. The first-order valence-electron chi connectivity index (χ1n) is 6.03. The van der Waals surface area contributed by atoms with Gasteiger partial charge in [-0.25, -0.2) is 0 Å². The van der Waals surface area contributed by atoms with Gasteiger partial charge in [0, 0.05) is 20.3 Å². The van der Waals surface area contributed by atoms with Gasteiger partial charge < -0.3 is 5.32 Å². The Morgan fingerprint density at radius 2 is 2.12 bits per heavy atom. The molecular formula is C13H22BrNS. The maximum Gasteiger partial charge on any atom is 0.0428 e. The van der Waals surface area contributed by atoms with Gasteiger partial charge in [-0.05, 0) is 54.2 Å². The van der Waals surface area contributed by atoms with E-state index in [-0.39, 0.29) is 0 Å². The van der Waals surface area contributed by atoms with Crippen LogP contribution in [0.4, 0.5) is 0 Å². The van der Waals surface area contributed by atoms with Crippen molar-refractivity contribution in [1.29, 1.82) is 0 Å². The van der Waals surface area contributed by atoms with E-state index in [1.807, 2.05) is 11.3 Å². The molecule has 1 aromatic rings. The predicted molar refractivity (Wildman–Crippen MR) is 77.2 cm³/mol. The summed E-state index contributed by atoms with van der Waals surface area (Å²) in [5.41, 5.74) is 0. The fourth-order valence-corrected chi connectivity index (χ4v) is 3.83. The minimum absolute atomic E-state index is 0.507. The van der Waals surface area contributed by atoms with Gasteiger partial charge >= 0.3 is 0 Å². The molecule has 0 amide bonds. The number of hydrogen-bond acceptors (Lipinski definition) is 2. The Kier molecular flexibility index (Phi) is 6.01. The standard InChI is InChI=1S/C13H22BrNS/c1-5-6-15-12(7-9(2)3)13-11(14)8-10(4)16-13/h8-9,12,15H,5-7H2,1-4H3. The van der Waals surface area contributed by atoms with Gasteiger partial charge in [-0.3, -0.25) is 0 Å². The highest BCUT2D eigenvalue weighted by Gasteiger charge is 2.17. The predicted octanol–water partition coefficient (Wildman–Crippen LogP) is 4.91. The van der Waals surface area contributed by atoms with Crippen LogP contribution < -0.4 is 5.32 Å². The molecule has 16 heavy (non-hydrogen) atoms. The lowest BCUT2D eigenvalue weighted by molar-refractivity contribution is 0.434. The molecule has 1 rings (SSSR count). The van der Waals surface area contributed by atoms with Crippen molar-refractivity contribution in [2.45, 2.75) is 46.6 Å². The minimum Gasteiger partial charge on any atom is -0.309 e. The molecule has 0 bridgehead atoms. The second kappa shape index (κ2) is 6.77. The molecule has 0 aliphatic heterocycles. The van der Waals surface area contributed by atoms with Crippen LogP contribution in [0, 0.1) is 12.8 Å². The van der Waals surface area contributed by atoms with Gasteiger partial charge in [0.15, 0.2) is 0 Å². The first-order chi connectivity index (χ1) is 7.54. The fraction of sp³-hybridized carbons (Fsp3) is 0.692. The zero-order valence-corrected chi connectivity index (χ0v) is 13.0. The topological polar surface area (TPSA) is 12.0 Å². The molecule has 1 N–H and O–H groups in total. The Balaban J connectivity index is 2.78. The first kappa shape index (κ1) is 14.2. The molecule has 0 aliphatic rings. The van der Waals surface area contributed by atoms with E-state index in [9.17, 15) is 0 Å². The summed E-state index contributed by atoms with van der Waals surface area (Å²) in [4.78, 5) is 2.84. The van der Waals surface area contributed by atoms with Crippen molar-refractivity contribution in [3.8, 4) is 0 Å². The SMILES string of the molecule is CCCNC(CC(C)C)c1sc(C)cc1Br. The highest BCUT2D eigenvalue weighted by Crippen LogP contribution is 2.35. The number of rotatable bonds is 6. The monoisotopic (exact) mass is 303 g/mol. The van der Waals surface area contributed by atoms with Gasteiger partial charge in [0.05, 0.1) is 0 Å². The highest BCUT2D eigenvalue weighted by molar-refractivity contribution is 9.10. The highest BCUT2D eigenvalue weighted by atomic mass is 79.9. The van der Waals surface area contributed by atoms with E-state index < -0.39 is 0 Å². The van der Waals surface area contributed by atoms with E-state index in [2.05, 4.69) is 55.0 Å². The van der Waals surface area contributed by atoms with E-state index in [1.165, 1.54) is 27.1 Å². The van der Waals surface area contributed by atoms with E-state index in [0.717, 1.165) is 12.5 Å². The smallest absolute Gasteiger partial charge is 0.0428 e. The maximum atomic E-state index is 3.67. The number of nitrogens with one attached hydrogen (secondary N) is 1. The van der Waals surface area contributed by atoms with Crippen LogP contribution in [0.25, 0.3) is 0 Å². The third kappa shape index (κ3) is 4.19. The van der Waals surface area contributed by atoms with Crippen molar-refractivity contribution in [2.24, 2.45) is 5.92 Å². The van der Waals surface area contributed by atoms with Crippen molar-refractivity contribution in [1.82, 2.24) is 5.32 Å². The number of thiophene rings is 1. The van der Waals surface area contributed by atoms with Crippen LogP contribution in [0.5, 0.6) is 0 Å². The molecule has 0 aliphatic carbocycles. The summed E-state index contributed by atoms with van der Waals surface area (Å²) < 4.78 is 1.27. The molecule has 0 radical (unpaired) electrons. The minimum atomic E-state index is 0.507. The van der Waals surface area contributed by atoms with Crippen LogP contribution in [0.2, 0.25) is 0 Å². The fourth-order valence-electron chi connectivity index (χ4n) is 1.81. The average Bonchev–Trinajstić information content (AvgIpc) is 2.52. The zero-order chi connectivity index (χ0) is 12.1. The molecule has 0 saturated heterocycles. The van der Waals surface area contributed by atoms with Crippen LogP contribution in [0.1, 0.15) is 49.4 Å². The zero-order valence-electron chi connectivity index (χ0n) is 10.6. The molecule has 1 aromatic heterocycles. The Morgan fingerprint density at radius 3 is 2.56 bits per heavy atom. The lowest BCUT2D eigenvalue weighted by atomic mass is 10.0. The molecule has 0 spiro atoms. The van der Waals surface area contributed by atoms with Gasteiger partial charge in [-0.2, -0.15) is 0 Å². The lowest BCUT2D eigenvalue weighted by Gasteiger charge is -2.19. The normalized spacial score (nSPS) is 13.4. The van der Waals surface area contributed by atoms with Gasteiger partial charge in [-0.15, -0.1) is 11.3 Å². The quantitative estimate of drug-likeness (QED) is 0.787. The molecule has 1 atom stereocenters. The second-order valence-electron chi connectivity index (χ2n) is 4.71. The summed E-state index contributed by atoms with van der Waals surface area (Å²) in [6.07, 6.45) is 2.40. The Morgan fingerprint density at radius 1 is 1.44 bits per heavy atom. The van der Waals surface area contributed by atoms with Crippen LogP contribution in [0.3, 0.4) is 0 Å². The summed E-state index contributed by atoms with van der Waals surface area (Å²) in [5, 5.41) is 3.65. The first-order valence-corrected chi connectivity index (χ1v) is 7.64. The molecule has 3 heteroatoms. The average molecular weight is 304 g/mol. The van der Waals surface area contributed by atoms with E-state index >= 15 is 0 Å². The van der Waals surface area contributed by atoms with Crippen LogP contribution in [-0.2, 0) is 0 Å². The Labute approximate surface area is 112 Å². The molecule has 0 fully saturated rings. The summed E-state index contributed by atoms with van der Waals surface area (Å²) >= 11 is 5.58. The largest absolute Gasteiger partial charge is 0.309 e. The number of aryl methyl sites for hydroxylation is 1. The van der Waals surface area contributed by atoms with Gasteiger partial charge in [-0.1, -0.05) is 20.8 Å². The molecule has 1 unspecified atom stereocenters. The van der Waals surface area contributed by atoms with Crippen molar-refractivity contribution >= 4 is 27.3 Å². The third-order valence-electron chi connectivity index (χ3n) is 2.50. The summed E-state index contributed by atoms with van der Waals surface area (Å²) in [7, 11) is 0. The van der Waals surface area contributed by atoms with Crippen LogP contribution >= 0.6 is 27.3 Å². The summed E-state index contributed by atoms with van der Waals surface area (Å²) in [6.45, 7) is 10.1. The van der Waals surface area contributed by atoms with Gasteiger partial charge in [0.1, 0.15) is 0 Å². The number of halogens is 1. The van der Waals surface area contributed by atoms with Gasteiger partial charge in [0.2, 0.25) is 0 Å². The molecule has 1 nitrogen and oxygen atoms in total. The lowest BCUT2D eigenvalue weighted by Crippen LogP contribution is -2.23. The van der Waals surface area contributed by atoms with Crippen molar-refractivity contribution in [2.75, 3.05) is 6.54 Å².